The van der Waals surface area contributed by atoms with E-state index in [1.165, 1.54) is 0 Å². The van der Waals surface area contributed by atoms with Crippen LogP contribution in [0.15, 0.2) is 12.3 Å². The van der Waals surface area contributed by atoms with Crippen LogP contribution in [0.4, 0.5) is 4.79 Å². The van der Waals surface area contributed by atoms with Crippen molar-refractivity contribution in [2.45, 2.75) is 32.2 Å². The first kappa shape index (κ1) is 19.3. The van der Waals surface area contributed by atoms with E-state index >= 15 is 0 Å². The van der Waals surface area contributed by atoms with Crippen LogP contribution in [-0.4, -0.2) is 47.3 Å². The van der Waals surface area contributed by atoms with Gasteiger partial charge >= 0.3 is 12.0 Å². The first-order valence-corrected chi connectivity index (χ1v) is 7.45. The minimum atomic E-state index is -1.16. The van der Waals surface area contributed by atoms with Crippen molar-refractivity contribution in [2.75, 3.05) is 13.2 Å². The van der Waals surface area contributed by atoms with Gasteiger partial charge in [0.2, 0.25) is 0 Å². The number of hydrogen-bond acceptors (Lipinski definition) is 6. The Labute approximate surface area is 139 Å². The molecule has 24 heavy (non-hydrogen) atoms. The summed E-state index contributed by atoms with van der Waals surface area (Å²) in [5.41, 5.74) is 2.50. The molecule has 9 heteroatoms. The van der Waals surface area contributed by atoms with E-state index in [1.807, 2.05) is 0 Å². The number of nitrogens with zero attached hydrogens (tertiary/aromatic N) is 2. The number of rotatable bonds is 8. The lowest BCUT2D eigenvalue weighted by atomic mass is 9.93. The van der Waals surface area contributed by atoms with Gasteiger partial charge in [0, 0.05) is 0 Å². The SMILES string of the molecule is C=C([NH3+])[C@@H](C#N)C(=O)COC(=O)CN1C(=O)NC(CC)(CC)C1=O. The quantitative estimate of drug-likeness (QED) is 0.434. The van der Waals surface area contributed by atoms with Crippen molar-refractivity contribution in [1.82, 2.24) is 10.2 Å². The van der Waals surface area contributed by atoms with E-state index in [1.54, 1.807) is 19.9 Å². The van der Waals surface area contributed by atoms with Gasteiger partial charge < -0.3 is 15.8 Å². The minimum Gasteiger partial charge on any atom is -0.456 e. The van der Waals surface area contributed by atoms with Crippen molar-refractivity contribution in [3.8, 4) is 6.07 Å². The zero-order valence-corrected chi connectivity index (χ0v) is 13.8. The number of imide groups is 1. The van der Waals surface area contributed by atoms with Gasteiger partial charge in [0.25, 0.3) is 5.91 Å². The van der Waals surface area contributed by atoms with Crippen LogP contribution in [0.5, 0.6) is 0 Å². The number of amides is 3. The lowest BCUT2D eigenvalue weighted by Crippen LogP contribution is -2.51. The second-order valence-electron chi connectivity index (χ2n) is 5.46. The predicted molar refractivity (Wildman–Crippen MR) is 80.7 cm³/mol. The molecule has 0 radical (unpaired) electrons. The van der Waals surface area contributed by atoms with E-state index in [9.17, 15) is 19.2 Å². The molecule has 0 aliphatic carbocycles. The third kappa shape index (κ3) is 3.78. The summed E-state index contributed by atoms with van der Waals surface area (Å²) in [5, 5.41) is 11.4. The first-order chi connectivity index (χ1) is 11.2. The lowest BCUT2D eigenvalue weighted by Gasteiger charge is -2.22. The van der Waals surface area contributed by atoms with Gasteiger partial charge in [-0.25, -0.2) is 4.79 Å². The van der Waals surface area contributed by atoms with Gasteiger partial charge in [0.15, 0.2) is 18.3 Å². The van der Waals surface area contributed by atoms with Crippen molar-refractivity contribution < 1.29 is 29.6 Å². The summed E-state index contributed by atoms with van der Waals surface area (Å²) < 4.78 is 4.75. The Morgan fingerprint density at radius 3 is 2.42 bits per heavy atom. The predicted octanol–water partition coefficient (Wildman–Crippen LogP) is -0.895. The second-order valence-corrected chi connectivity index (χ2v) is 5.46. The molecule has 1 aliphatic rings. The Bertz CT molecular complexity index is 618. The summed E-state index contributed by atoms with van der Waals surface area (Å²) in [6.45, 7) is 5.69. The fourth-order valence-electron chi connectivity index (χ4n) is 2.35. The van der Waals surface area contributed by atoms with Crippen LogP contribution >= 0.6 is 0 Å². The van der Waals surface area contributed by atoms with E-state index < -0.39 is 48.3 Å². The molecule has 0 saturated carbocycles. The van der Waals surface area contributed by atoms with Crippen LogP contribution in [0.2, 0.25) is 0 Å². The highest BCUT2D eigenvalue weighted by molar-refractivity contribution is 6.08. The van der Waals surface area contributed by atoms with Gasteiger partial charge in [-0.1, -0.05) is 13.8 Å². The summed E-state index contributed by atoms with van der Waals surface area (Å²) in [6, 6.07) is 1.03. The Morgan fingerprint density at radius 2 is 2.00 bits per heavy atom. The molecule has 1 rings (SSSR count). The average Bonchev–Trinajstić information content (AvgIpc) is 2.78. The smallest absolute Gasteiger partial charge is 0.326 e. The van der Waals surface area contributed by atoms with Crippen molar-refractivity contribution >= 4 is 23.7 Å². The number of ether oxygens (including phenoxy) is 1. The summed E-state index contributed by atoms with van der Waals surface area (Å²) >= 11 is 0. The van der Waals surface area contributed by atoms with Crippen molar-refractivity contribution in [3.63, 3.8) is 0 Å². The second kappa shape index (κ2) is 7.70. The largest absolute Gasteiger partial charge is 0.456 e. The molecule has 1 atom stereocenters. The number of urea groups is 1. The van der Waals surface area contributed by atoms with Gasteiger partial charge in [-0.15, -0.1) is 0 Å². The zero-order chi connectivity index (χ0) is 18.5. The molecule has 0 aromatic heterocycles. The number of allylic oxidation sites excluding steroid dienone is 1. The third-order valence-corrected chi connectivity index (χ3v) is 3.97. The third-order valence-electron chi connectivity index (χ3n) is 3.97. The number of carbonyl (C=O) groups excluding carboxylic acids is 4. The standard InChI is InChI=1S/C15H20N4O5/c1-4-15(5-2)13(22)19(14(23)18-15)7-12(21)24-8-11(20)10(6-16)9(3)17/h10H,3-5,7-8,17H2,1-2H3,(H,18,23)/p+1/t10-/m1/s1. The molecule has 0 bridgehead atoms. The highest BCUT2D eigenvalue weighted by Crippen LogP contribution is 2.24. The van der Waals surface area contributed by atoms with Gasteiger partial charge in [0.05, 0.1) is 6.07 Å². The van der Waals surface area contributed by atoms with Gasteiger partial charge in [-0.3, -0.25) is 19.3 Å². The van der Waals surface area contributed by atoms with Gasteiger partial charge in [-0.05, 0) is 19.4 Å². The maximum atomic E-state index is 12.3. The number of ketones is 1. The summed E-state index contributed by atoms with van der Waals surface area (Å²) in [4.78, 5) is 48.5. The lowest BCUT2D eigenvalue weighted by molar-refractivity contribution is -0.309. The molecule has 0 aromatic carbocycles. The maximum Gasteiger partial charge on any atom is 0.326 e. The van der Waals surface area contributed by atoms with Crippen LogP contribution in [0.25, 0.3) is 0 Å². The molecule has 3 amide bonds. The number of nitriles is 1. The molecule has 4 N–H and O–H groups in total. The Kier molecular flexibility index (Phi) is 6.20. The van der Waals surface area contributed by atoms with E-state index in [2.05, 4.69) is 17.6 Å². The monoisotopic (exact) mass is 337 g/mol. The minimum absolute atomic E-state index is 0.100. The number of carbonyl (C=O) groups is 4. The molecule has 0 spiro atoms. The highest BCUT2D eigenvalue weighted by Gasteiger charge is 2.49. The summed E-state index contributed by atoms with van der Waals surface area (Å²) in [7, 11) is 0. The van der Waals surface area contributed by atoms with Crippen LogP contribution < -0.4 is 11.1 Å². The van der Waals surface area contributed by atoms with Crippen molar-refractivity contribution in [2.24, 2.45) is 5.92 Å². The molecule has 0 unspecified atom stereocenters. The molecular formula is C15H21N4O5+. The van der Waals surface area contributed by atoms with Gasteiger partial charge in [0.1, 0.15) is 17.8 Å². The number of hydrogen-bond donors (Lipinski definition) is 2. The van der Waals surface area contributed by atoms with Crippen LogP contribution in [-0.2, 0) is 19.1 Å². The highest BCUT2D eigenvalue weighted by atomic mass is 16.5. The van der Waals surface area contributed by atoms with Crippen LogP contribution in [0.3, 0.4) is 0 Å². The molecule has 1 heterocycles. The van der Waals surface area contributed by atoms with E-state index in [0.717, 1.165) is 4.90 Å². The molecule has 1 aliphatic heterocycles. The number of esters is 1. The van der Waals surface area contributed by atoms with E-state index in [4.69, 9.17) is 10.00 Å². The average molecular weight is 337 g/mol. The topological polar surface area (TPSA) is 144 Å². The zero-order valence-electron chi connectivity index (χ0n) is 13.8. The van der Waals surface area contributed by atoms with Crippen LogP contribution in [0, 0.1) is 17.2 Å². The Balaban J connectivity index is 2.65. The first-order valence-electron chi connectivity index (χ1n) is 7.45. The Hall–Kier alpha value is -2.73. The fraction of sp³-hybridized carbons (Fsp3) is 0.533. The Morgan fingerprint density at radius 1 is 1.42 bits per heavy atom. The fourth-order valence-corrected chi connectivity index (χ4v) is 2.35. The van der Waals surface area contributed by atoms with E-state index in [-0.39, 0.29) is 5.70 Å². The summed E-state index contributed by atoms with van der Waals surface area (Å²) in [5.74, 6) is -3.25. The molecular weight excluding hydrogens is 316 g/mol. The molecule has 9 nitrogen and oxygen atoms in total. The van der Waals surface area contributed by atoms with E-state index in [0.29, 0.717) is 12.8 Å². The molecule has 0 aromatic rings. The normalized spacial score (nSPS) is 17.0. The maximum absolute atomic E-state index is 12.3. The van der Waals surface area contributed by atoms with Gasteiger partial charge in [-0.2, -0.15) is 5.26 Å². The molecule has 1 saturated heterocycles. The van der Waals surface area contributed by atoms with Crippen LogP contribution in [0.1, 0.15) is 26.7 Å². The van der Waals surface area contributed by atoms with Crippen molar-refractivity contribution in [3.05, 3.63) is 12.3 Å². The molecule has 1 fully saturated rings. The number of Topliss-reactive ketones (excluding diaryl/α,β-unsaturated/α-hetero) is 1. The number of quaternary nitrogens is 1. The molecule has 130 valence electrons. The van der Waals surface area contributed by atoms with Crippen molar-refractivity contribution in [1.29, 1.82) is 5.26 Å². The summed E-state index contributed by atoms with van der Waals surface area (Å²) in [6.07, 6.45) is 0.793. The number of nitrogens with one attached hydrogen (secondary N) is 1.